The van der Waals surface area contributed by atoms with E-state index in [1.165, 1.54) is 38.5 Å². The predicted molar refractivity (Wildman–Crippen MR) is 112 cm³/mol. The van der Waals surface area contributed by atoms with E-state index in [1.807, 2.05) is 6.92 Å². The summed E-state index contributed by atoms with van der Waals surface area (Å²) in [5, 5.41) is 0. The van der Waals surface area contributed by atoms with Crippen molar-refractivity contribution in [3.63, 3.8) is 0 Å². The zero-order valence-electron chi connectivity index (χ0n) is 18.4. The van der Waals surface area contributed by atoms with Gasteiger partial charge in [0.1, 0.15) is 6.79 Å². The van der Waals surface area contributed by atoms with Crippen LogP contribution in [0.4, 0.5) is 0 Å². The van der Waals surface area contributed by atoms with Crippen LogP contribution >= 0.6 is 0 Å². The molecule has 0 spiro atoms. The Kier molecular flexibility index (Phi) is 14.6. The molecule has 0 radical (unpaired) electrons. The molecule has 0 unspecified atom stereocenters. The van der Waals surface area contributed by atoms with Crippen LogP contribution in [-0.4, -0.2) is 44.2 Å². The molecule has 1 aromatic heterocycles. The maximum absolute atomic E-state index is 5.97. The molecule has 1 aromatic rings. The van der Waals surface area contributed by atoms with Crippen LogP contribution in [0.5, 0.6) is 11.8 Å². The molecule has 6 nitrogen and oxygen atoms in total. The van der Waals surface area contributed by atoms with Gasteiger partial charge in [-0.15, -0.1) is 0 Å². The highest BCUT2D eigenvalue weighted by Crippen LogP contribution is 2.25. The molecule has 0 N–H and O–H groups in total. The van der Waals surface area contributed by atoms with Gasteiger partial charge in [0.05, 0.1) is 25.1 Å². The van der Waals surface area contributed by atoms with Crippen molar-refractivity contribution in [2.75, 3.05) is 34.2 Å². The Balaban J connectivity index is 2.23. The Morgan fingerprint density at radius 3 is 2.11 bits per heavy atom. The highest BCUT2D eigenvalue weighted by Gasteiger charge is 2.13. The van der Waals surface area contributed by atoms with E-state index in [9.17, 15) is 0 Å². The average Bonchev–Trinajstić information content (AvgIpc) is 2.70. The first kappa shape index (κ1) is 24.6. The Morgan fingerprint density at radius 2 is 1.46 bits per heavy atom. The third kappa shape index (κ3) is 10.8. The molecule has 162 valence electrons. The summed E-state index contributed by atoms with van der Waals surface area (Å²) in [6, 6.07) is 0.435. The topological polar surface area (TPSA) is 62.7 Å². The second-order valence-electron chi connectivity index (χ2n) is 7.17. The maximum Gasteiger partial charge on any atom is 0.316 e. The lowest BCUT2D eigenvalue weighted by Gasteiger charge is -2.14. The van der Waals surface area contributed by atoms with E-state index in [0.717, 1.165) is 62.5 Å². The van der Waals surface area contributed by atoms with Gasteiger partial charge in [-0.2, -0.15) is 9.97 Å². The lowest BCUT2D eigenvalue weighted by molar-refractivity contribution is -0.0315. The van der Waals surface area contributed by atoms with Crippen molar-refractivity contribution in [2.45, 2.75) is 84.5 Å². The third-order valence-corrected chi connectivity index (χ3v) is 4.66. The Hall–Kier alpha value is -1.40. The lowest BCUT2D eigenvalue weighted by atomic mass is 10.1. The SMILES string of the molecule is CCCCOc1c(C)nc(OC)nc1CCCCCCCCCCOCOC. The number of unbranched alkanes of at least 4 members (excludes halogenated alkanes) is 8. The second kappa shape index (κ2) is 16.5. The van der Waals surface area contributed by atoms with E-state index < -0.39 is 0 Å². The molecular formula is C22H40N2O4. The van der Waals surface area contributed by atoms with Gasteiger partial charge in [-0.25, -0.2) is 0 Å². The number of aryl methyl sites for hydroxylation is 2. The Bertz CT molecular complexity index is 512. The molecule has 0 atom stereocenters. The Morgan fingerprint density at radius 1 is 0.786 bits per heavy atom. The van der Waals surface area contributed by atoms with Crippen molar-refractivity contribution < 1.29 is 18.9 Å². The zero-order chi connectivity index (χ0) is 20.5. The highest BCUT2D eigenvalue weighted by atomic mass is 16.7. The van der Waals surface area contributed by atoms with E-state index in [-0.39, 0.29) is 0 Å². The molecule has 0 aliphatic heterocycles. The van der Waals surface area contributed by atoms with Crippen LogP contribution in [0.15, 0.2) is 0 Å². The fourth-order valence-electron chi connectivity index (χ4n) is 3.06. The summed E-state index contributed by atoms with van der Waals surface area (Å²) in [6.07, 6.45) is 12.9. The first-order chi connectivity index (χ1) is 13.7. The fraction of sp³-hybridized carbons (Fsp3) is 0.818. The fourth-order valence-corrected chi connectivity index (χ4v) is 3.06. The number of nitrogens with zero attached hydrogens (tertiary/aromatic N) is 2. The van der Waals surface area contributed by atoms with Crippen molar-refractivity contribution in [3.8, 4) is 11.8 Å². The Labute approximate surface area is 171 Å². The van der Waals surface area contributed by atoms with Crippen molar-refractivity contribution in [2.24, 2.45) is 0 Å². The lowest BCUT2D eigenvalue weighted by Crippen LogP contribution is -2.07. The van der Waals surface area contributed by atoms with E-state index in [2.05, 4.69) is 16.9 Å². The summed E-state index contributed by atoms with van der Waals surface area (Å²) in [5.41, 5.74) is 1.85. The van der Waals surface area contributed by atoms with Gasteiger partial charge in [0.15, 0.2) is 5.75 Å². The van der Waals surface area contributed by atoms with E-state index in [0.29, 0.717) is 12.8 Å². The molecule has 0 saturated heterocycles. The smallest absolute Gasteiger partial charge is 0.316 e. The highest BCUT2D eigenvalue weighted by molar-refractivity contribution is 5.33. The summed E-state index contributed by atoms with van der Waals surface area (Å²) in [5.74, 6) is 0.852. The van der Waals surface area contributed by atoms with Crippen molar-refractivity contribution in [1.82, 2.24) is 9.97 Å². The van der Waals surface area contributed by atoms with Crippen LogP contribution in [0.1, 0.15) is 82.5 Å². The van der Waals surface area contributed by atoms with Gasteiger partial charge in [0.2, 0.25) is 0 Å². The van der Waals surface area contributed by atoms with Gasteiger partial charge in [0.25, 0.3) is 0 Å². The molecule has 0 saturated carbocycles. The van der Waals surface area contributed by atoms with Gasteiger partial charge in [-0.1, -0.05) is 51.9 Å². The minimum atomic E-state index is 0.406. The van der Waals surface area contributed by atoms with Gasteiger partial charge in [-0.3, -0.25) is 0 Å². The first-order valence-electron chi connectivity index (χ1n) is 10.8. The normalized spacial score (nSPS) is 11.0. The largest absolute Gasteiger partial charge is 0.490 e. The van der Waals surface area contributed by atoms with Crippen LogP contribution < -0.4 is 9.47 Å². The predicted octanol–water partition coefficient (Wildman–Crippen LogP) is 5.26. The molecule has 0 amide bonds. The molecule has 0 aliphatic carbocycles. The molecule has 0 aliphatic rings. The van der Waals surface area contributed by atoms with Crippen LogP contribution in [0.3, 0.4) is 0 Å². The van der Waals surface area contributed by atoms with Crippen molar-refractivity contribution in [1.29, 1.82) is 0 Å². The number of hydrogen-bond donors (Lipinski definition) is 0. The van der Waals surface area contributed by atoms with Gasteiger partial charge in [-0.05, 0) is 32.6 Å². The standard InChI is InChI=1S/C22H40N2O4/c1-5-6-17-28-21-19(2)23-22(26-4)24-20(21)15-13-11-9-7-8-10-12-14-16-27-18-25-3/h5-18H2,1-4H3. The van der Waals surface area contributed by atoms with Gasteiger partial charge < -0.3 is 18.9 Å². The first-order valence-corrected chi connectivity index (χ1v) is 10.8. The molecule has 0 aromatic carbocycles. The van der Waals surface area contributed by atoms with Crippen molar-refractivity contribution in [3.05, 3.63) is 11.4 Å². The van der Waals surface area contributed by atoms with E-state index >= 15 is 0 Å². The van der Waals surface area contributed by atoms with Crippen LogP contribution in [0.2, 0.25) is 0 Å². The number of methoxy groups -OCH3 is 2. The molecule has 1 rings (SSSR count). The summed E-state index contributed by atoms with van der Waals surface area (Å²) in [7, 11) is 3.27. The quantitative estimate of drug-likeness (QED) is 0.249. The van der Waals surface area contributed by atoms with Crippen LogP contribution in [0, 0.1) is 6.92 Å². The van der Waals surface area contributed by atoms with Crippen molar-refractivity contribution >= 4 is 0 Å². The molecule has 0 bridgehead atoms. The third-order valence-electron chi connectivity index (χ3n) is 4.66. The monoisotopic (exact) mass is 396 g/mol. The van der Waals surface area contributed by atoms with Crippen LogP contribution in [-0.2, 0) is 15.9 Å². The summed E-state index contributed by atoms with van der Waals surface area (Å²) < 4.78 is 21.4. The minimum absolute atomic E-state index is 0.406. The van der Waals surface area contributed by atoms with E-state index in [1.54, 1.807) is 14.2 Å². The summed E-state index contributed by atoms with van der Waals surface area (Å²) in [6.45, 7) is 6.06. The number of ether oxygens (including phenoxy) is 4. The maximum atomic E-state index is 5.97. The molecule has 1 heterocycles. The van der Waals surface area contributed by atoms with Gasteiger partial charge in [0, 0.05) is 13.7 Å². The van der Waals surface area contributed by atoms with Crippen LogP contribution in [0.25, 0.3) is 0 Å². The molecule has 0 fully saturated rings. The number of rotatable bonds is 18. The zero-order valence-corrected chi connectivity index (χ0v) is 18.4. The van der Waals surface area contributed by atoms with E-state index in [4.69, 9.17) is 18.9 Å². The second-order valence-corrected chi connectivity index (χ2v) is 7.17. The minimum Gasteiger partial charge on any atom is -0.490 e. The molecule has 6 heteroatoms. The molecule has 28 heavy (non-hydrogen) atoms. The van der Waals surface area contributed by atoms with Gasteiger partial charge >= 0.3 is 6.01 Å². The summed E-state index contributed by atoms with van der Waals surface area (Å²) >= 11 is 0. The number of aromatic nitrogens is 2. The molecular weight excluding hydrogens is 356 g/mol. The average molecular weight is 397 g/mol. The summed E-state index contributed by atoms with van der Waals surface area (Å²) in [4.78, 5) is 8.91. The number of hydrogen-bond acceptors (Lipinski definition) is 6.